The van der Waals surface area contributed by atoms with Crippen molar-refractivity contribution in [2.75, 3.05) is 0 Å². The van der Waals surface area contributed by atoms with Crippen LogP contribution in [0.4, 0.5) is 22.7 Å². The second-order valence-electron chi connectivity index (χ2n) is 11.6. The van der Waals surface area contributed by atoms with Crippen molar-refractivity contribution in [3.05, 3.63) is 84.9 Å². The van der Waals surface area contributed by atoms with Gasteiger partial charge in [0.1, 0.15) is 44.0 Å². The van der Waals surface area contributed by atoms with Gasteiger partial charge in [-0.1, -0.05) is 12.1 Å². The molecule has 0 saturated heterocycles. The van der Waals surface area contributed by atoms with Gasteiger partial charge in [-0.25, -0.2) is 0 Å². The second-order valence-corrected chi connectivity index (χ2v) is 17.2. The smallest absolute Gasteiger partial charge is 0.506 e. The van der Waals surface area contributed by atoms with Gasteiger partial charge in [0.05, 0.1) is 9.79 Å². The zero-order valence-electron chi connectivity index (χ0n) is 32.0. The summed E-state index contributed by atoms with van der Waals surface area (Å²) in [6.45, 7) is 0. The summed E-state index contributed by atoms with van der Waals surface area (Å²) in [4.78, 5) is -3.23. The number of phenols is 4. The molecule has 62 heavy (non-hydrogen) atoms. The van der Waals surface area contributed by atoms with Gasteiger partial charge in [-0.15, -0.1) is 20.5 Å². The van der Waals surface area contributed by atoms with Crippen molar-refractivity contribution < 1.29 is 225 Å². The quantitative estimate of drug-likeness (QED) is 0.0380. The Hall–Kier alpha value is -1.08. The summed E-state index contributed by atoms with van der Waals surface area (Å²) in [7, 11) is -19.6. The van der Waals surface area contributed by atoms with Gasteiger partial charge in [-0.2, -0.15) is 33.7 Å². The molecule has 0 aliphatic heterocycles. The molecule has 312 valence electrons. The molecular formula is C32H22Cu2N4Na4O16S4+4. The van der Waals surface area contributed by atoms with Crippen molar-refractivity contribution in [1.82, 2.24) is 0 Å². The first-order valence-corrected chi connectivity index (χ1v) is 20.7. The average molecular weight is 1070 g/mol. The van der Waals surface area contributed by atoms with E-state index in [1.54, 1.807) is 0 Å². The Morgan fingerprint density at radius 2 is 0.710 bits per heavy atom. The summed E-state index contributed by atoms with van der Waals surface area (Å²) in [5.74, 6) is -2.78. The molecule has 0 unspecified atom stereocenters. The number of hydrogen-bond acceptors (Lipinski definition) is 16. The Balaban J connectivity index is 0.00000620. The Kier molecular flexibility index (Phi) is 22.7. The molecule has 0 spiro atoms. The standard InChI is InChI=1S/C32H22N4O16S4.2Cu.4Na/c37-25-11-15(1-7-23(25)33-35-29-27(55(47,48)49)13-17-9-19(53(41,42)43)3-5-21(17)31(29)39)16-2-8-24(26(38)12-16)34-36-30-28(56(50,51)52)14-18-10-20(54(44,45)46)4-6-22(18)32(30)40;;;;;;/h1-14,37-40H,(H,41,42,43)(H,44,45,46)(H,47,48,49)(H,50,51,52);;;;;;/q;;;4*+1. The third-order valence-corrected chi connectivity index (χ3v) is 11.4. The van der Waals surface area contributed by atoms with Crippen LogP contribution in [0.5, 0.6) is 23.0 Å². The average Bonchev–Trinajstić information content (AvgIpc) is 3.09. The largest absolute Gasteiger partial charge is 1.00 e. The van der Waals surface area contributed by atoms with Crippen LogP contribution in [0.15, 0.2) is 125 Å². The molecular weight excluding hydrogens is 1040 g/mol. The molecule has 6 aromatic carbocycles. The predicted molar refractivity (Wildman–Crippen MR) is 194 cm³/mol. The Bertz CT molecular complexity index is 3010. The van der Waals surface area contributed by atoms with Gasteiger partial charge in [0.2, 0.25) is 0 Å². The molecule has 8 N–H and O–H groups in total. The van der Waals surface area contributed by atoms with Crippen LogP contribution in [-0.2, 0) is 74.6 Å². The summed E-state index contributed by atoms with van der Waals surface area (Å²) in [5, 5.41) is 57.2. The van der Waals surface area contributed by atoms with E-state index in [1.165, 1.54) is 24.3 Å². The first-order valence-electron chi connectivity index (χ1n) is 14.9. The zero-order chi connectivity index (χ0) is 41.1. The molecule has 0 fully saturated rings. The van der Waals surface area contributed by atoms with E-state index >= 15 is 0 Å². The van der Waals surface area contributed by atoms with Gasteiger partial charge < -0.3 is 20.4 Å². The molecule has 0 heterocycles. The van der Waals surface area contributed by atoms with Gasteiger partial charge in [0.15, 0.2) is 11.5 Å². The summed E-state index contributed by atoms with van der Waals surface area (Å²) in [6.07, 6.45) is 0. The third-order valence-electron chi connectivity index (χ3n) is 8.00. The number of phenolic OH excluding ortho intramolecular Hbond substituents is 4. The van der Waals surface area contributed by atoms with Crippen LogP contribution < -0.4 is 118 Å². The molecule has 2 radical (unpaired) electrons. The fraction of sp³-hybridized carbons (Fsp3) is 0. The van der Waals surface area contributed by atoms with Crippen molar-refractivity contribution in [1.29, 1.82) is 0 Å². The van der Waals surface area contributed by atoms with E-state index in [0.717, 1.165) is 60.7 Å². The summed E-state index contributed by atoms with van der Waals surface area (Å²) >= 11 is 0. The van der Waals surface area contributed by atoms with E-state index < -0.39 is 94.4 Å². The minimum atomic E-state index is -5.11. The molecule has 0 aromatic heterocycles. The number of fused-ring (bicyclic) bond motifs is 2. The molecule has 0 atom stereocenters. The Morgan fingerprint density at radius 3 is 0.984 bits per heavy atom. The number of benzene rings is 6. The van der Waals surface area contributed by atoms with Crippen molar-refractivity contribution in [2.24, 2.45) is 20.5 Å². The van der Waals surface area contributed by atoms with E-state index in [4.69, 9.17) is 0 Å². The Labute approximate surface area is 461 Å². The van der Waals surface area contributed by atoms with Crippen LogP contribution >= 0.6 is 0 Å². The Morgan fingerprint density at radius 1 is 0.387 bits per heavy atom. The number of azo groups is 2. The molecule has 0 saturated carbocycles. The van der Waals surface area contributed by atoms with E-state index in [0.29, 0.717) is 0 Å². The van der Waals surface area contributed by atoms with Crippen molar-refractivity contribution in [3.63, 3.8) is 0 Å². The van der Waals surface area contributed by atoms with E-state index in [9.17, 15) is 72.3 Å². The number of nitrogens with zero attached hydrogens (tertiary/aromatic N) is 4. The summed E-state index contributed by atoms with van der Waals surface area (Å²) in [6, 6.07) is 14.7. The number of hydrogen-bond donors (Lipinski definition) is 8. The topological polar surface area (TPSA) is 348 Å². The molecule has 0 amide bonds. The van der Waals surface area contributed by atoms with Gasteiger partial charge in [0, 0.05) is 44.9 Å². The van der Waals surface area contributed by atoms with E-state index in [2.05, 4.69) is 20.5 Å². The van der Waals surface area contributed by atoms with Crippen molar-refractivity contribution >= 4 is 84.8 Å². The molecule has 30 heteroatoms. The SMILES string of the molecule is O=S(=O)(O)c1ccc2c(O)c(N=Nc3ccc(-c4ccc(N=Nc5c(S(=O)(=O)O)cc6cc(S(=O)(=O)O)ccc6c5O)c(O)c4)cc3O)c(S(=O)(=O)O)cc2c1.[Cu].[Cu].[Na+].[Na+].[Na+].[Na+]. The minimum Gasteiger partial charge on any atom is -0.506 e. The minimum absolute atomic E-state index is 0. The third kappa shape index (κ3) is 13.5. The number of rotatable bonds is 9. The van der Waals surface area contributed by atoms with Gasteiger partial charge >= 0.3 is 118 Å². The maximum atomic E-state index is 12.2. The molecule has 0 aliphatic carbocycles. The maximum Gasteiger partial charge on any atom is 1.00 e. The molecule has 6 aromatic rings. The van der Waals surface area contributed by atoms with E-state index in [-0.39, 0.29) is 196 Å². The summed E-state index contributed by atoms with van der Waals surface area (Å²) < 4.78 is 133. The van der Waals surface area contributed by atoms with Crippen LogP contribution in [0.3, 0.4) is 0 Å². The van der Waals surface area contributed by atoms with E-state index in [1.807, 2.05) is 0 Å². The molecule has 6 rings (SSSR count). The van der Waals surface area contributed by atoms with Crippen molar-refractivity contribution in [2.45, 2.75) is 19.6 Å². The summed E-state index contributed by atoms with van der Waals surface area (Å²) in [5.41, 5.74) is -1.58. The van der Waals surface area contributed by atoms with Crippen LogP contribution in [0.25, 0.3) is 32.7 Å². The van der Waals surface area contributed by atoms with Crippen LogP contribution in [-0.4, -0.2) is 72.3 Å². The van der Waals surface area contributed by atoms with Gasteiger partial charge in [-0.05, 0) is 94.7 Å². The van der Waals surface area contributed by atoms with Crippen LogP contribution in [0.1, 0.15) is 0 Å². The molecule has 0 bridgehead atoms. The predicted octanol–water partition coefficient (Wildman–Crippen LogP) is -5.69. The zero-order valence-corrected chi connectivity index (χ0v) is 45.1. The van der Waals surface area contributed by atoms with Crippen molar-refractivity contribution in [3.8, 4) is 34.1 Å². The first kappa shape index (κ1) is 60.9. The second kappa shape index (κ2) is 23.1. The maximum absolute atomic E-state index is 12.2. The number of aromatic hydroxyl groups is 4. The first-order chi connectivity index (χ1) is 25.9. The monoisotopic (exact) mass is 1060 g/mol. The fourth-order valence-electron chi connectivity index (χ4n) is 5.35. The van der Waals surface area contributed by atoms with Crippen LogP contribution in [0, 0.1) is 0 Å². The van der Waals surface area contributed by atoms with Gasteiger partial charge in [0.25, 0.3) is 40.5 Å². The fourth-order valence-corrected chi connectivity index (χ4v) is 7.70. The normalized spacial score (nSPS) is 11.7. The molecule has 20 nitrogen and oxygen atoms in total. The van der Waals surface area contributed by atoms with Gasteiger partial charge in [-0.3, -0.25) is 18.2 Å². The molecule has 0 aliphatic rings. The van der Waals surface area contributed by atoms with Crippen LogP contribution in [0.2, 0.25) is 0 Å².